The molecule has 2 aliphatic heterocycles. The van der Waals surface area contributed by atoms with E-state index in [1.807, 2.05) is 32.0 Å². The zero-order valence-electron chi connectivity index (χ0n) is 21.0. The number of amides is 1. The van der Waals surface area contributed by atoms with Crippen LogP contribution in [0, 0.1) is 18.3 Å². The number of morpholine rings is 1. The molecule has 9 heteroatoms. The fourth-order valence-electron chi connectivity index (χ4n) is 4.85. The van der Waals surface area contributed by atoms with Crippen LogP contribution in [-0.2, 0) is 23.0 Å². The van der Waals surface area contributed by atoms with Crippen molar-refractivity contribution in [3.05, 3.63) is 67.8 Å². The molecule has 2 fully saturated rings. The molecule has 3 heterocycles. The van der Waals surface area contributed by atoms with Gasteiger partial charge >= 0.3 is 0 Å². The van der Waals surface area contributed by atoms with E-state index in [0.29, 0.717) is 45.8 Å². The number of hydrogen-bond donors (Lipinski definition) is 0. The minimum Gasteiger partial charge on any atom is -0.372 e. The van der Waals surface area contributed by atoms with Crippen LogP contribution in [0.2, 0.25) is 0 Å². The van der Waals surface area contributed by atoms with Crippen molar-refractivity contribution in [2.75, 3.05) is 24.5 Å². The number of thioether (sulfide) groups is 1. The van der Waals surface area contributed by atoms with Crippen LogP contribution in [0.5, 0.6) is 0 Å². The van der Waals surface area contributed by atoms with E-state index in [9.17, 15) is 14.9 Å². The first kappa shape index (κ1) is 26.1. The number of thiocarbonyl (C=S) groups is 1. The van der Waals surface area contributed by atoms with Crippen molar-refractivity contribution >= 4 is 46.1 Å². The summed E-state index contributed by atoms with van der Waals surface area (Å²) < 4.78 is 7.93. The molecule has 4 rings (SSSR count). The second-order valence-corrected chi connectivity index (χ2v) is 11.0. The van der Waals surface area contributed by atoms with Crippen molar-refractivity contribution in [3.8, 4) is 6.07 Å². The zero-order chi connectivity index (χ0) is 26.0. The Morgan fingerprint density at radius 3 is 2.50 bits per heavy atom. The Morgan fingerprint density at radius 1 is 1.19 bits per heavy atom. The highest BCUT2D eigenvalue weighted by molar-refractivity contribution is 8.26. The van der Waals surface area contributed by atoms with Crippen LogP contribution in [0.1, 0.15) is 42.5 Å². The molecule has 0 N–H and O–H groups in total. The Labute approximate surface area is 221 Å². The van der Waals surface area contributed by atoms with E-state index in [0.717, 1.165) is 12.8 Å². The smallest absolute Gasteiger partial charge is 0.270 e. The van der Waals surface area contributed by atoms with Crippen LogP contribution in [0.4, 0.5) is 5.82 Å². The Hall–Kier alpha value is -2.93. The number of benzene rings is 1. The van der Waals surface area contributed by atoms with Gasteiger partial charge in [-0.3, -0.25) is 19.1 Å². The number of anilines is 1. The molecular formula is C27H30N4O3S2. The number of pyridine rings is 1. The van der Waals surface area contributed by atoms with Crippen LogP contribution in [-0.4, -0.2) is 51.5 Å². The lowest BCUT2D eigenvalue weighted by Gasteiger charge is -2.38. The third-order valence-electron chi connectivity index (χ3n) is 6.53. The number of nitrogens with zero attached hydrogens (tertiary/aromatic N) is 4. The number of aromatic nitrogens is 1. The van der Waals surface area contributed by atoms with Gasteiger partial charge in [-0.05, 0) is 50.8 Å². The maximum absolute atomic E-state index is 13.4. The van der Waals surface area contributed by atoms with Crippen LogP contribution in [0.15, 0.2) is 40.0 Å². The Bertz CT molecular complexity index is 1300. The summed E-state index contributed by atoms with van der Waals surface area (Å²) in [5, 5.41) is 9.70. The first-order valence-corrected chi connectivity index (χ1v) is 13.3. The summed E-state index contributed by atoms with van der Waals surface area (Å²) in [6.07, 6.45) is 3.42. The van der Waals surface area contributed by atoms with Gasteiger partial charge in [0.1, 0.15) is 21.8 Å². The molecule has 0 unspecified atom stereocenters. The standard InChI is InChI=1S/C27H30N4O3S2/c1-17-15-30(16-18(2)34-17)24-21(19(3)22(14-28)25(32)29(24)4)13-23-26(33)31(27(35)36-23)12-8-11-20-9-6-5-7-10-20/h5-7,9-10,13,17-18H,8,11-12,15-16H2,1-4H3/b23-13-/t17-,18+. The maximum Gasteiger partial charge on any atom is 0.270 e. The summed E-state index contributed by atoms with van der Waals surface area (Å²) in [7, 11) is 1.68. The van der Waals surface area contributed by atoms with Crippen LogP contribution in [0.25, 0.3) is 6.08 Å². The Kier molecular flexibility index (Phi) is 7.98. The van der Waals surface area contributed by atoms with Crippen molar-refractivity contribution in [1.29, 1.82) is 5.26 Å². The molecule has 2 aliphatic rings. The van der Waals surface area contributed by atoms with Gasteiger partial charge in [-0.25, -0.2) is 0 Å². The molecular weight excluding hydrogens is 492 g/mol. The van der Waals surface area contributed by atoms with Crippen LogP contribution in [0.3, 0.4) is 0 Å². The molecule has 2 aromatic rings. The summed E-state index contributed by atoms with van der Waals surface area (Å²) in [6, 6.07) is 12.2. The van der Waals surface area contributed by atoms with E-state index in [1.165, 1.54) is 21.9 Å². The van der Waals surface area contributed by atoms with Gasteiger partial charge in [0.15, 0.2) is 0 Å². The average molecular weight is 523 g/mol. The van der Waals surface area contributed by atoms with Crippen molar-refractivity contribution < 1.29 is 9.53 Å². The number of rotatable bonds is 6. The fourth-order valence-corrected chi connectivity index (χ4v) is 6.15. The normalized spacial score (nSPS) is 21.4. The molecule has 7 nitrogen and oxygen atoms in total. The summed E-state index contributed by atoms with van der Waals surface area (Å²) >= 11 is 6.82. The molecule has 0 radical (unpaired) electrons. The highest BCUT2D eigenvalue weighted by Crippen LogP contribution is 2.36. The number of ether oxygens (including phenoxy) is 1. The summed E-state index contributed by atoms with van der Waals surface area (Å²) in [5.74, 6) is 0.548. The van der Waals surface area contributed by atoms with Crippen molar-refractivity contribution in [1.82, 2.24) is 9.47 Å². The third-order valence-corrected chi connectivity index (χ3v) is 7.90. The highest BCUT2D eigenvalue weighted by atomic mass is 32.2. The third kappa shape index (κ3) is 5.26. The lowest BCUT2D eigenvalue weighted by molar-refractivity contribution is -0.122. The summed E-state index contributed by atoms with van der Waals surface area (Å²) in [5.41, 5.74) is 2.22. The van der Waals surface area contributed by atoms with Gasteiger partial charge < -0.3 is 9.64 Å². The fraction of sp³-hybridized carbons (Fsp3) is 0.407. The van der Waals surface area contributed by atoms with E-state index in [1.54, 1.807) is 24.9 Å². The number of carbonyl (C=O) groups excluding carboxylic acids is 1. The quantitative estimate of drug-likeness (QED) is 0.419. The monoisotopic (exact) mass is 522 g/mol. The van der Waals surface area contributed by atoms with Gasteiger partial charge in [-0.15, -0.1) is 0 Å². The molecule has 36 heavy (non-hydrogen) atoms. The Morgan fingerprint density at radius 2 is 1.86 bits per heavy atom. The molecule has 1 amide bonds. The topological polar surface area (TPSA) is 78.6 Å². The first-order chi connectivity index (χ1) is 17.2. The van der Waals surface area contributed by atoms with E-state index in [4.69, 9.17) is 17.0 Å². The van der Waals surface area contributed by atoms with E-state index in [-0.39, 0.29) is 29.2 Å². The highest BCUT2D eigenvalue weighted by Gasteiger charge is 2.33. The summed E-state index contributed by atoms with van der Waals surface area (Å²) in [4.78, 5) is 30.6. The van der Waals surface area contributed by atoms with Crippen LogP contribution >= 0.6 is 24.0 Å². The van der Waals surface area contributed by atoms with E-state index >= 15 is 0 Å². The molecule has 2 atom stereocenters. The maximum atomic E-state index is 13.4. The lowest BCUT2D eigenvalue weighted by Crippen LogP contribution is -2.47. The molecule has 0 spiro atoms. The van der Waals surface area contributed by atoms with Crippen molar-refractivity contribution in [2.24, 2.45) is 7.05 Å². The van der Waals surface area contributed by atoms with Crippen LogP contribution < -0.4 is 10.5 Å². The molecule has 0 aliphatic carbocycles. The minimum atomic E-state index is -0.345. The first-order valence-electron chi connectivity index (χ1n) is 12.0. The number of carbonyl (C=O) groups is 1. The second-order valence-electron chi connectivity index (χ2n) is 9.30. The van der Waals surface area contributed by atoms with Gasteiger partial charge in [-0.1, -0.05) is 54.3 Å². The largest absolute Gasteiger partial charge is 0.372 e. The average Bonchev–Trinajstić information content (AvgIpc) is 3.10. The molecule has 188 valence electrons. The van der Waals surface area contributed by atoms with E-state index in [2.05, 4.69) is 23.1 Å². The van der Waals surface area contributed by atoms with Crippen molar-refractivity contribution in [3.63, 3.8) is 0 Å². The molecule has 1 aromatic heterocycles. The number of aryl methyl sites for hydroxylation is 1. The SMILES string of the molecule is Cc1c(/C=C2\SC(=S)N(CCCc3ccccc3)C2=O)c(N2C[C@@H](C)O[C@@H](C)C2)n(C)c(=O)c1C#N. The van der Waals surface area contributed by atoms with Crippen molar-refractivity contribution in [2.45, 2.75) is 45.8 Å². The molecule has 0 bridgehead atoms. The number of nitriles is 1. The van der Waals surface area contributed by atoms with Gasteiger partial charge in [0.2, 0.25) is 0 Å². The zero-order valence-corrected chi connectivity index (χ0v) is 22.6. The number of hydrogen-bond acceptors (Lipinski definition) is 7. The molecule has 1 aromatic carbocycles. The molecule has 2 saturated heterocycles. The van der Waals surface area contributed by atoms with Gasteiger partial charge in [-0.2, -0.15) is 5.26 Å². The molecule has 0 saturated carbocycles. The lowest BCUT2D eigenvalue weighted by atomic mass is 10.0. The minimum absolute atomic E-state index is 0.0181. The predicted octanol–water partition coefficient (Wildman–Crippen LogP) is 4.01. The van der Waals surface area contributed by atoms with Gasteiger partial charge in [0.25, 0.3) is 11.5 Å². The van der Waals surface area contributed by atoms with E-state index < -0.39 is 0 Å². The Balaban J connectivity index is 1.67. The second kappa shape index (κ2) is 11.0. The van der Waals surface area contributed by atoms with Gasteiger partial charge in [0.05, 0.1) is 17.1 Å². The van der Waals surface area contributed by atoms with Gasteiger partial charge in [0, 0.05) is 32.2 Å². The summed E-state index contributed by atoms with van der Waals surface area (Å²) in [6.45, 7) is 7.50. The predicted molar refractivity (Wildman–Crippen MR) is 148 cm³/mol.